The van der Waals surface area contributed by atoms with E-state index in [0.717, 1.165) is 4.47 Å². The van der Waals surface area contributed by atoms with Crippen LogP contribution in [0.4, 0.5) is 0 Å². The zero-order valence-electron chi connectivity index (χ0n) is 9.19. The van der Waals surface area contributed by atoms with Gasteiger partial charge in [-0.2, -0.15) is 0 Å². The van der Waals surface area contributed by atoms with Gasteiger partial charge >= 0.3 is 0 Å². The summed E-state index contributed by atoms with van der Waals surface area (Å²) in [5.41, 5.74) is 3.46. The lowest BCUT2D eigenvalue weighted by atomic mass is 9.84. The van der Waals surface area contributed by atoms with Crippen LogP contribution in [0.5, 0.6) is 0 Å². The monoisotopic (exact) mass is 256 g/mol. The summed E-state index contributed by atoms with van der Waals surface area (Å²) in [5, 5.41) is 9.33. The van der Waals surface area contributed by atoms with E-state index in [-0.39, 0.29) is 12.0 Å². The second-order valence-corrected chi connectivity index (χ2v) is 5.28. The predicted octanol–water partition coefficient (Wildman–Crippen LogP) is 3.34. The standard InChI is InChI=1S/C12H17BrO/c1-8-5-9(2)11(13)10(6-8)12(3,4)7-14/h5-6,14H,7H2,1-4H3. The van der Waals surface area contributed by atoms with Gasteiger partial charge in [0.1, 0.15) is 0 Å². The predicted molar refractivity (Wildman–Crippen MR) is 63.7 cm³/mol. The van der Waals surface area contributed by atoms with Crippen LogP contribution in [-0.4, -0.2) is 11.7 Å². The van der Waals surface area contributed by atoms with Crippen LogP contribution in [0.15, 0.2) is 16.6 Å². The zero-order valence-corrected chi connectivity index (χ0v) is 10.8. The first-order valence-corrected chi connectivity index (χ1v) is 5.56. The molecule has 0 aliphatic rings. The van der Waals surface area contributed by atoms with Crippen LogP contribution in [0.3, 0.4) is 0 Å². The minimum atomic E-state index is -0.185. The normalized spacial score (nSPS) is 11.9. The van der Waals surface area contributed by atoms with Gasteiger partial charge in [0.2, 0.25) is 0 Å². The molecule has 78 valence electrons. The Morgan fingerprint density at radius 2 is 1.86 bits per heavy atom. The molecule has 0 aliphatic heterocycles. The van der Waals surface area contributed by atoms with Crippen molar-refractivity contribution < 1.29 is 5.11 Å². The van der Waals surface area contributed by atoms with Gasteiger partial charge in [0.05, 0.1) is 6.61 Å². The summed E-state index contributed by atoms with van der Waals surface area (Å²) in [6.45, 7) is 8.41. The topological polar surface area (TPSA) is 20.2 Å². The van der Waals surface area contributed by atoms with E-state index in [4.69, 9.17) is 0 Å². The second-order valence-electron chi connectivity index (χ2n) is 4.49. The van der Waals surface area contributed by atoms with Crippen molar-refractivity contribution in [3.63, 3.8) is 0 Å². The molecule has 0 bridgehead atoms. The number of hydrogen-bond donors (Lipinski definition) is 1. The Kier molecular flexibility index (Phi) is 3.38. The van der Waals surface area contributed by atoms with E-state index in [1.165, 1.54) is 16.7 Å². The molecule has 0 radical (unpaired) electrons. The number of aryl methyl sites for hydroxylation is 2. The second kappa shape index (κ2) is 4.03. The van der Waals surface area contributed by atoms with Crippen molar-refractivity contribution >= 4 is 15.9 Å². The lowest BCUT2D eigenvalue weighted by molar-refractivity contribution is 0.218. The number of aliphatic hydroxyl groups excluding tert-OH is 1. The Hall–Kier alpha value is -0.340. The van der Waals surface area contributed by atoms with Crippen molar-refractivity contribution in [1.29, 1.82) is 0 Å². The maximum absolute atomic E-state index is 9.33. The Bertz CT molecular complexity index is 342. The third-order valence-corrected chi connectivity index (χ3v) is 3.58. The molecule has 1 nitrogen and oxygen atoms in total. The summed E-state index contributed by atoms with van der Waals surface area (Å²) in [5.74, 6) is 0. The molecule has 0 aromatic heterocycles. The number of halogens is 1. The van der Waals surface area contributed by atoms with Crippen LogP contribution in [0.25, 0.3) is 0 Å². The fourth-order valence-corrected chi connectivity index (χ4v) is 2.29. The van der Waals surface area contributed by atoms with Crippen LogP contribution < -0.4 is 0 Å². The molecule has 0 aliphatic carbocycles. The van der Waals surface area contributed by atoms with Gasteiger partial charge < -0.3 is 5.11 Å². The number of benzene rings is 1. The molecule has 0 heterocycles. The van der Waals surface area contributed by atoms with E-state index in [1.54, 1.807) is 0 Å². The van der Waals surface area contributed by atoms with Crippen molar-refractivity contribution in [2.75, 3.05) is 6.61 Å². The van der Waals surface area contributed by atoms with E-state index in [9.17, 15) is 5.11 Å². The van der Waals surface area contributed by atoms with Gasteiger partial charge in [0, 0.05) is 9.89 Å². The van der Waals surface area contributed by atoms with E-state index in [2.05, 4.69) is 41.9 Å². The number of aliphatic hydroxyl groups is 1. The van der Waals surface area contributed by atoms with E-state index in [0.29, 0.717) is 0 Å². The SMILES string of the molecule is Cc1cc(C)c(Br)c(C(C)(C)CO)c1. The van der Waals surface area contributed by atoms with Gasteiger partial charge in [0.15, 0.2) is 0 Å². The molecule has 0 saturated heterocycles. The maximum atomic E-state index is 9.33. The first-order chi connectivity index (χ1) is 6.38. The van der Waals surface area contributed by atoms with Crippen molar-refractivity contribution in [3.05, 3.63) is 33.3 Å². The highest BCUT2D eigenvalue weighted by Gasteiger charge is 2.22. The van der Waals surface area contributed by atoms with Crippen molar-refractivity contribution in [2.24, 2.45) is 0 Å². The van der Waals surface area contributed by atoms with Gasteiger partial charge in [-0.3, -0.25) is 0 Å². The van der Waals surface area contributed by atoms with Crippen LogP contribution in [-0.2, 0) is 5.41 Å². The zero-order chi connectivity index (χ0) is 10.9. The first-order valence-electron chi connectivity index (χ1n) is 4.76. The molecule has 0 spiro atoms. The van der Waals surface area contributed by atoms with E-state index < -0.39 is 0 Å². The van der Waals surface area contributed by atoms with Gasteiger partial charge in [0.25, 0.3) is 0 Å². The number of hydrogen-bond acceptors (Lipinski definition) is 1. The Morgan fingerprint density at radius 3 is 2.36 bits per heavy atom. The quantitative estimate of drug-likeness (QED) is 0.861. The summed E-state index contributed by atoms with van der Waals surface area (Å²) < 4.78 is 1.11. The summed E-state index contributed by atoms with van der Waals surface area (Å²) in [6.07, 6.45) is 0. The highest BCUT2D eigenvalue weighted by atomic mass is 79.9. The minimum Gasteiger partial charge on any atom is -0.395 e. The highest BCUT2D eigenvalue weighted by molar-refractivity contribution is 9.10. The summed E-state index contributed by atoms with van der Waals surface area (Å²) >= 11 is 3.58. The fraction of sp³-hybridized carbons (Fsp3) is 0.500. The summed E-state index contributed by atoms with van der Waals surface area (Å²) in [4.78, 5) is 0. The molecule has 1 N–H and O–H groups in total. The van der Waals surface area contributed by atoms with Crippen LogP contribution in [0, 0.1) is 13.8 Å². The Morgan fingerprint density at radius 1 is 1.29 bits per heavy atom. The molecule has 1 aromatic rings. The average molecular weight is 257 g/mol. The molecule has 0 atom stereocenters. The molecule has 1 aromatic carbocycles. The van der Waals surface area contributed by atoms with Crippen LogP contribution in [0.1, 0.15) is 30.5 Å². The molecule has 0 fully saturated rings. The molecule has 0 saturated carbocycles. The molecular formula is C12H17BrO. The fourth-order valence-electron chi connectivity index (χ4n) is 1.53. The Balaban J connectivity index is 3.34. The molecule has 2 heteroatoms. The lowest BCUT2D eigenvalue weighted by Gasteiger charge is -2.25. The largest absolute Gasteiger partial charge is 0.395 e. The summed E-state index contributed by atoms with van der Waals surface area (Å²) in [7, 11) is 0. The molecule has 14 heavy (non-hydrogen) atoms. The average Bonchev–Trinajstić information content (AvgIpc) is 2.11. The van der Waals surface area contributed by atoms with Crippen LogP contribution in [0.2, 0.25) is 0 Å². The molecule has 1 rings (SSSR count). The third-order valence-electron chi connectivity index (χ3n) is 2.52. The molecule has 0 amide bonds. The number of rotatable bonds is 2. The highest BCUT2D eigenvalue weighted by Crippen LogP contribution is 2.32. The maximum Gasteiger partial charge on any atom is 0.0523 e. The first kappa shape index (κ1) is 11.7. The van der Waals surface area contributed by atoms with Crippen molar-refractivity contribution in [1.82, 2.24) is 0 Å². The Labute approximate surface area is 94.3 Å². The van der Waals surface area contributed by atoms with E-state index in [1.807, 2.05) is 13.8 Å². The van der Waals surface area contributed by atoms with Crippen LogP contribution >= 0.6 is 15.9 Å². The van der Waals surface area contributed by atoms with Gasteiger partial charge in [-0.1, -0.05) is 47.5 Å². The smallest absolute Gasteiger partial charge is 0.0523 e. The van der Waals surface area contributed by atoms with Gasteiger partial charge in [-0.25, -0.2) is 0 Å². The van der Waals surface area contributed by atoms with Gasteiger partial charge in [-0.15, -0.1) is 0 Å². The van der Waals surface area contributed by atoms with Gasteiger partial charge in [-0.05, 0) is 25.0 Å². The lowest BCUT2D eigenvalue weighted by Crippen LogP contribution is -2.23. The van der Waals surface area contributed by atoms with E-state index >= 15 is 0 Å². The molecular weight excluding hydrogens is 240 g/mol. The van der Waals surface area contributed by atoms with Crippen molar-refractivity contribution in [3.8, 4) is 0 Å². The summed E-state index contributed by atoms with van der Waals surface area (Å²) in [6, 6.07) is 4.27. The minimum absolute atomic E-state index is 0.161. The van der Waals surface area contributed by atoms with Crippen molar-refractivity contribution in [2.45, 2.75) is 33.1 Å². The third kappa shape index (κ3) is 2.18. The molecule has 0 unspecified atom stereocenters.